The van der Waals surface area contributed by atoms with Crippen molar-refractivity contribution in [3.05, 3.63) is 23.8 Å². The molecule has 2 saturated heterocycles. The number of nitrogens with one attached hydrogen (secondary N) is 1. The number of piperidine rings is 1. The van der Waals surface area contributed by atoms with E-state index in [1.165, 1.54) is 14.2 Å². The van der Waals surface area contributed by atoms with Crippen LogP contribution in [0.15, 0.2) is 18.2 Å². The maximum Gasteiger partial charge on any atom is 0.252 e. The summed E-state index contributed by atoms with van der Waals surface area (Å²) in [6, 6.07) is 4.36. The van der Waals surface area contributed by atoms with Crippen LogP contribution < -0.4 is 14.8 Å². The Morgan fingerprint density at radius 3 is 2.10 bits per heavy atom. The van der Waals surface area contributed by atoms with Crippen LogP contribution in [0.3, 0.4) is 0 Å². The fraction of sp³-hybridized carbons (Fsp3) is 0.636. The van der Waals surface area contributed by atoms with Crippen LogP contribution in [-0.2, 0) is 14.3 Å². The smallest absolute Gasteiger partial charge is 0.252 e. The fourth-order valence-corrected chi connectivity index (χ4v) is 3.91. The highest BCUT2D eigenvalue weighted by molar-refractivity contribution is 5.98. The van der Waals surface area contributed by atoms with Gasteiger partial charge in [0, 0.05) is 30.6 Å². The third kappa shape index (κ3) is 5.23. The molecule has 2 heterocycles. The number of rotatable bonds is 7. The number of nitrogens with zero attached hydrogens (tertiary/aromatic N) is 1. The lowest BCUT2D eigenvalue weighted by Gasteiger charge is -2.36. The van der Waals surface area contributed by atoms with Gasteiger partial charge < -0.3 is 29.2 Å². The molecule has 8 nitrogen and oxygen atoms in total. The maximum absolute atomic E-state index is 13.2. The van der Waals surface area contributed by atoms with Crippen molar-refractivity contribution >= 4 is 11.8 Å². The van der Waals surface area contributed by atoms with Crippen LogP contribution in [0.5, 0.6) is 11.5 Å². The van der Waals surface area contributed by atoms with Gasteiger partial charge in [-0.3, -0.25) is 9.59 Å². The first-order valence-corrected chi connectivity index (χ1v) is 10.5. The summed E-state index contributed by atoms with van der Waals surface area (Å²) in [6.07, 6.45) is 1.52. The fourth-order valence-electron chi connectivity index (χ4n) is 3.91. The summed E-state index contributed by atoms with van der Waals surface area (Å²) in [5, 5.41) is 2.91. The highest BCUT2D eigenvalue weighted by atomic mass is 16.7. The van der Waals surface area contributed by atoms with Crippen LogP contribution in [-0.4, -0.2) is 69.6 Å². The molecule has 1 unspecified atom stereocenters. The third-order valence-electron chi connectivity index (χ3n) is 5.72. The molecule has 30 heavy (non-hydrogen) atoms. The second-order valence-corrected chi connectivity index (χ2v) is 8.07. The van der Waals surface area contributed by atoms with Crippen molar-refractivity contribution in [2.45, 2.75) is 39.0 Å². The van der Waals surface area contributed by atoms with Gasteiger partial charge in [-0.2, -0.15) is 0 Å². The van der Waals surface area contributed by atoms with Crippen molar-refractivity contribution in [2.24, 2.45) is 11.8 Å². The average molecular weight is 421 g/mol. The highest BCUT2D eigenvalue weighted by Gasteiger charge is 2.35. The Bertz CT molecular complexity index is 717. The Balaban J connectivity index is 1.64. The predicted octanol–water partition coefficient (Wildman–Crippen LogP) is 2.07. The summed E-state index contributed by atoms with van der Waals surface area (Å²) < 4.78 is 21.7. The number of benzene rings is 1. The van der Waals surface area contributed by atoms with Gasteiger partial charge in [-0.1, -0.05) is 13.8 Å². The van der Waals surface area contributed by atoms with E-state index in [2.05, 4.69) is 5.32 Å². The number of hydrogen-bond acceptors (Lipinski definition) is 6. The van der Waals surface area contributed by atoms with Gasteiger partial charge in [0.05, 0.1) is 27.4 Å². The summed E-state index contributed by atoms with van der Waals surface area (Å²) in [5.41, 5.74) is 0.388. The molecule has 0 radical (unpaired) electrons. The first kappa shape index (κ1) is 22.4. The molecule has 0 aromatic heterocycles. The highest BCUT2D eigenvalue weighted by Crippen LogP contribution is 2.27. The molecule has 1 aromatic carbocycles. The molecule has 3 rings (SSSR count). The van der Waals surface area contributed by atoms with Gasteiger partial charge >= 0.3 is 0 Å². The molecule has 0 spiro atoms. The van der Waals surface area contributed by atoms with Gasteiger partial charge in [-0.15, -0.1) is 0 Å². The normalized spacial score (nSPS) is 19.0. The van der Waals surface area contributed by atoms with E-state index in [4.69, 9.17) is 18.9 Å². The summed E-state index contributed by atoms with van der Waals surface area (Å²) in [7, 11) is 3.06. The lowest BCUT2D eigenvalue weighted by atomic mass is 9.94. The Morgan fingerprint density at radius 1 is 1.03 bits per heavy atom. The summed E-state index contributed by atoms with van der Waals surface area (Å²) in [4.78, 5) is 27.9. The van der Waals surface area contributed by atoms with E-state index in [-0.39, 0.29) is 24.0 Å². The van der Waals surface area contributed by atoms with Gasteiger partial charge in [0.1, 0.15) is 17.5 Å². The maximum atomic E-state index is 13.2. The molecule has 0 aliphatic carbocycles. The first-order chi connectivity index (χ1) is 14.4. The molecule has 2 aliphatic rings. The van der Waals surface area contributed by atoms with Crippen LogP contribution >= 0.6 is 0 Å². The van der Waals surface area contributed by atoms with E-state index < -0.39 is 6.04 Å². The standard InChI is InChI=1S/C22H32N2O6/c1-14(2)19(23-20(25)16-11-17(27-3)13-18(12-16)28-4)21(26)24-7-5-15(6-8-24)22-29-9-10-30-22/h11-15,19,22H,5-10H2,1-4H3,(H,23,25). The predicted molar refractivity (Wildman–Crippen MR) is 111 cm³/mol. The number of carbonyl (C=O) groups excluding carboxylic acids is 2. The van der Waals surface area contributed by atoms with Crippen molar-refractivity contribution in [2.75, 3.05) is 40.5 Å². The van der Waals surface area contributed by atoms with Gasteiger partial charge in [0.25, 0.3) is 5.91 Å². The van der Waals surface area contributed by atoms with Gasteiger partial charge in [0.2, 0.25) is 5.91 Å². The van der Waals surface area contributed by atoms with Crippen molar-refractivity contribution in [3.63, 3.8) is 0 Å². The van der Waals surface area contributed by atoms with E-state index in [1.54, 1.807) is 18.2 Å². The van der Waals surface area contributed by atoms with E-state index in [9.17, 15) is 9.59 Å². The molecule has 1 aromatic rings. The molecular weight excluding hydrogens is 388 g/mol. The number of methoxy groups -OCH3 is 2. The van der Waals surface area contributed by atoms with Crippen molar-refractivity contribution in [1.29, 1.82) is 0 Å². The lowest BCUT2D eigenvalue weighted by molar-refractivity contribution is -0.139. The minimum atomic E-state index is -0.606. The molecule has 2 amide bonds. The second-order valence-electron chi connectivity index (χ2n) is 8.07. The number of carbonyl (C=O) groups is 2. The minimum Gasteiger partial charge on any atom is -0.497 e. The van der Waals surface area contributed by atoms with Crippen molar-refractivity contribution < 1.29 is 28.5 Å². The Morgan fingerprint density at radius 2 is 1.60 bits per heavy atom. The molecular formula is C22H32N2O6. The van der Waals surface area contributed by atoms with Gasteiger partial charge in [-0.05, 0) is 30.9 Å². The first-order valence-electron chi connectivity index (χ1n) is 10.5. The Labute approximate surface area is 177 Å². The van der Waals surface area contributed by atoms with E-state index >= 15 is 0 Å². The summed E-state index contributed by atoms with van der Waals surface area (Å²) in [5.74, 6) is 0.915. The molecule has 2 aliphatic heterocycles. The monoisotopic (exact) mass is 420 g/mol. The van der Waals surface area contributed by atoms with Crippen LogP contribution in [0.25, 0.3) is 0 Å². The van der Waals surface area contributed by atoms with Crippen molar-refractivity contribution in [1.82, 2.24) is 10.2 Å². The minimum absolute atomic E-state index is 0.0480. The number of amides is 2. The molecule has 2 fully saturated rings. The number of likely N-dealkylation sites (tertiary alicyclic amines) is 1. The van der Waals surface area contributed by atoms with Gasteiger partial charge in [-0.25, -0.2) is 0 Å². The molecule has 166 valence electrons. The zero-order valence-electron chi connectivity index (χ0n) is 18.2. The Hall–Kier alpha value is -2.32. The largest absolute Gasteiger partial charge is 0.497 e. The molecule has 1 N–H and O–H groups in total. The molecule has 1 atom stereocenters. The zero-order valence-corrected chi connectivity index (χ0v) is 18.2. The number of ether oxygens (including phenoxy) is 4. The van der Waals surface area contributed by atoms with Crippen LogP contribution in [0, 0.1) is 11.8 Å². The second kappa shape index (κ2) is 10.1. The lowest BCUT2D eigenvalue weighted by Crippen LogP contribution is -2.53. The van der Waals surface area contributed by atoms with E-state index in [0.717, 1.165) is 12.8 Å². The average Bonchev–Trinajstić information content (AvgIpc) is 3.31. The molecule has 8 heteroatoms. The van der Waals surface area contributed by atoms with E-state index in [0.29, 0.717) is 49.3 Å². The zero-order chi connectivity index (χ0) is 21.7. The quantitative estimate of drug-likeness (QED) is 0.727. The topological polar surface area (TPSA) is 86.3 Å². The summed E-state index contributed by atoms with van der Waals surface area (Å²) >= 11 is 0. The van der Waals surface area contributed by atoms with E-state index in [1.807, 2.05) is 18.7 Å². The SMILES string of the molecule is COc1cc(OC)cc(C(=O)NC(C(=O)N2CCC(C3OCCO3)CC2)C(C)C)c1. The number of hydrogen-bond donors (Lipinski definition) is 1. The summed E-state index contributed by atoms with van der Waals surface area (Å²) in [6.45, 7) is 6.42. The molecule has 0 saturated carbocycles. The molecule has 0 bridgehead atoms. The van der Waals surface area contributed by atoms with Gasteiger partial charge in [0.15, 0.2) is 6.29 Å². The van der Waals surface area contributed by atoms with Crippen molar-refractivity contribution in [3.8, 4) is 11.5 Å². The Kier molecular flexibility index (Phi) is 7.55. The van der Waals surface area contributed by atoms with Crippen LogP contribution in [0.2, 0.25) is 0 Å². The third-order valence-corrected chi connectivity index (χ3v) is 5.72. The van der Waals surface area contributed by atoms with Crippen LogP contribution in [0.4, 0.5) is 0 Å². The van der Waals surface area contributed by atoms with Crippen LogP contribution in [0.1, 0.15) is 37.0 Å².